The fourth-order valence-corrected chi connectivity index (χ4v) is 3.65. The maximum absolute atomic E-state index is 6.38. The van der Waals surface area contributed by atoms with Gasteiger partial charge in [0.2, 0.25) is 0 Å². The zero-order chi connectivity index (χ0) is 17.3. The van der Waals surface area contributed by atoms with Crippen molar-refractivity contribution in [1.29, 1.82) is 0 Å². The van der Waals surface area contributed by atoms with Gasteiger partial charge in [0.25, 0.3) is 0 Å². The predicted molar refractivity (Wildman–Crippen MR) is 99.8 cm³/mol. The molecule has 0 saturated heterocycles. The molecule has 0 unspecified atom stereocenters. The first-order valence-corrected chi connectivity index (χ1v) is 9.04. The zero-order valence-corrected chi connectivity index (χ0v) is 15.6. The van der Waals surface area contributed by atoms with Crippen molar-refractivity contribution < 1.29 is 0 Å². The van der Waals surface area contributed by atoms with Gasteiger partial charge in [-0.15, -0.1) is 5.10 Å². The van der Waals surface area contributed by atoms with E-state index in [4.69, 9.17) is 28.2 Å². The SMILES string of the molecule is CCc1nc2c(-c3ccc(Cl)cc3Cl)nncc2n1C(CC)CC. The number of hydrogen-bond donors (Lipinski definition) is 0. The summed E-state index contributed by atoms with van der Waals surface area (Å²) in [7, 11) is 0. The summed E-state index contributed by atoms with van der Waals surface area (Å²) in [5.74, 6) is 1.06. The third-order valence-electron chi connectivity index (χ3n) is 4.39. The van der Waals surface area contributed by atoms with E-state index in [0.29, 0.717) is 21.8 Å². The van der Waals surface area contributed by atoms with Crippen LogP contribution in [0.25, 0.3) is 22.3 Å². The molecule has 2 aromatic heterocycles. The van der Waals surface area contributed by atoms with Crippen molar-refractivity contribution in [3.05, 3.63) is 40.3 Å². The van der Waals surface area contributed by atoms with E-state index in [9.17, 15) is 0 Å². The van der Waals surface area contributed by atoms with Crippen LogP contribution in [-0.2, 0) is 6.42 Å². The lowest BCUT2D eigenvalue weighted by atomic mass is 10.1. The summed E-state index contributed by atoms with van der Waals surface area (Å²) >= 11 is 12.4. The highest BCUT2D eigenvalue weighted by atomic mass is 35.5. The molecule has 0 N–H and O–H groups in total. The fraction of sp³-hybridized carbons (Fsp3) is 0.389. The smallest absolute Gasteiger partial charge is 0.122 e. The van der Waals surface area contributed by atoms with Gasteiger partial charge in [-0.2, -0.15) is 5.10 Å². The standard InChI is InChI=1S/C18H20Cl2N4/c1-4-12(5-2)24-15-10-21-23-17(18(15)22-16(24)6-3)13-8-7-11(19)9-14(13)20/h7-10,12H,4-6H2,1-3H3. The first kappa shape index (κ1) is 17.2. The summed E-state index contributed by atoms with van der Waals surface area (Å²) in [6.45, 7) is 6.52. The lowest BCUT2D eigenvalue weighted by molar-refractivity contribution is 0.468. The van der Waals surface area contributed by atoms with Crippen molar-refractivity contribution >= 4 is 34.2 Å². The lowest BCUT2D eigenvalue weighted by Crippen LogP contribution is -2.10. The van der Waals surface area contributed by atoms with E-state index in [1.54, 1.807) is 12.3 Å². The number of aryl methyl sites for hydroxylation is 1. The Bertz CT molecular complexity index is 869. The van der Waals surface area contributed by atoms with E-state index in [-0.39, 0.29) is 0 Å². The van der Waals surface area contributed by atoms with Crippen LogP contribution in [0.4, 0.5) is 0 Å². The second-order valence-corrected chi connectivity index (χ2v) is 6.62. The van der Waals surface area contributed by atoms with Crippen molar-refractivity contribution in [2.45, 2.75) is 46.1 Å². The van der Waals surface area contributed by atoms with Gasteiger partial charge in [-0.05, 0) is 31.0 Å². The van der Waals surface area contributed by atoms with Gasteiger partial charge in [0.05, 0.1) is 16.7 Å². The predicted octanol–water partition coefficient (Wildman–Crippen LogP) is 5.72. The van der Waals surface area contributed by atoms with Gasteiger partial charge >= 0.3 is 0 Å². The normalized spacial score (nSPS) is 11.6. The Balaban J connectivity index is 2.28. The minimum atomic E-state index is 0.405. The third kappa shape index (κ3) is 2.89. The molecule has 0 radical (unpaired) electrons. The zero-order valence-electron chi connectivity index (χ0n) is 14.1. The summed E-state index contributed by atoms with van der Waals surface area (Å²) in [6.07, 6.45) is 4.76. The Morgan fingerprint density at radius 1 is 1.12 bits per heavy atom. The maximum Gasteiger partial charge on any atom is 0.122 e. The number of rotatable bonds is 5. The topological polar surface area (TPSA) is 43.6 Å². The Hall–Kier alpha value is -1.65. The van der Waals surface area contributed by atoms with Crippen molar-refractivity contribution in [2.75, 3.05) is 0 Å². The van der Waals surface area contributed by atoms with Gasteiger partial charge in [-0.3, -0.25) is 0 Å². The van der Waals surface area contributed by atoms with Gasteiger partial charge < -0.3 is 4.57 Å². The second kappa shape index (κ2) is 7.08. The van der Waals surface area contributed by atoms with Crippen LogP contribution in [0.3, 0.4) is 0 Å². The van der Waals surface area contributed by atoms with Crippen LogP contribution >= 0.6 is 23.2 Å². The first-order chi connectivity index (χ1) is 11.6. The summed E-state index contributed by atoms with van der Waals surface area (Å²) in [5, 5.41) is 9.68. The summed E-state index contributed by atoms with van der Waals surface area (Å²) < 4.78 is 2.30. The molecule has 0 bridgehead atoms. The summed E-state index contributed by atoms with van der Waals surface area (Å²) in [4.78, 5) is 4.86. The Morgan fingerprint density at radius 3 is 2.50 bits per heavy atom. The van der Waals surface area contributed by atoms with Gasteiger partial charge in [-0.25, -0.2) is 4.98 Å². The van der Waals surface area contributed by atoms with Crippen LogP contribution in [0.2, 0.25) is 10.0 Å². The largest absolute Gasteiger partial charge is 0.324 e. The van der Waals surface area contributed by atoms with Crippen molar-refractivity contribution in [3.63, 3.8) is 0 Å². The highest BCUT2D eigenvalue weighted by molar-refractivity contribution is 6.36. The molecule has 0 aliphatic carbocycles. The molecule has 2 heterocycles. The fourth-order valence-electron chi connectivity index (χ4n) is 3.15. The molecule has 0 spiro atoms. The van der Waals surface area contributed by atoms with Crippen molar-refractivity contribution in [2.24, 2.45) is 0 Å². The monoisotopic (exact) mass is 362 g/mol. The number of imidazole rings is 1. The third-order valence-corrected chi connectivity index (χ3v) is 4.94. The quantitative estimate of drug-likeness (QED) is 0.582. The molecule has 24 heavy (non-hydrogen) atoms. The Kier molecular flexibility index (Phi) is 5.07. The van der Waals surface area contributed by atoms with E-state index >= 15 is 0 Å². The van der Waals surface area contributed by atoms with Crippen molar-refractivity contribution in [1.82, 2.24) is 19.7 Å². The minimum Gasteiger partial charge on any atom is -0.324 e. The number of aromatic nitrogens is 4. The van der Waals surface area contributed by atoms with E-state index in [0.717, 1.165) is 41.7 Å². The van der Waals surface area contributed by atoms with E-state index in [1.165, 1.54) is 0 Å². The maximum atomic E-state index is 6.38. The van der Waals surface area contributed by atoms with Crippen LogP contribution in [0.1, 0.15) is 45.5 Å². The second-order valence-electron chi connectivity index (χ2n) is 5.77. The van der Waals surface area contributed by atoms with Gasteiger partial charge in [0, 0.05) is 23.0 Å². The number of benzene rings is 1. The van der Waals surface area contributed by atoms with Gasteiger partial charge in [-0.1, -0.05) is 44.0 Å². The van der Waals surface area contributed by atoms with Crippen LogP contribution in [0.5, 0.6) is 0 Å². The van der Waals surface area contributed by atoms with Crippen LogP contribution in [0, 0.1) is 0 Å². The molecule has 3 aromatic rings. The Labute approximate surface area is 151 Å². The molecule has 0 amide bonds. The van der Waals surface area contributed by atoms with Crippen LogP contribution in [0.15, 0.2) is 24.4 Å². The molecule has 1 aromatic carbocycles. The lowest BCUT2D eigenvalue weighted by Gasteiger charge is -2.18. The molecule has 126 valence electrons. The average Bonchev–Trinajstić information content (AvgIpc) is 2.95. The molecule has 3 rings (SSSR count). The first-order valence-electron chi connectivity index (χ1n) is 8.28. The number of hydrogen-bond acceptors (Lipinski definition) is 3. The molecule has 6 heteroatoms. The van der Waals surface area contributed by atoms with Gasteiger partial charge in [0.15, 0.2) is 0 Å². The van der Waals surface area contributed by atoms with Crippen molar-refractivity contribution in [3.8, 4) is 11.3 Å². The molecule has 0 fully saturated rings. The highest BCUT2D eigenvalue weighted by Gasteiger charge is 2.20. The molecule has 0 atom stereocenters. The molecular formula is C18H20Cl2N4. The minimum absolute atomic E-state index is 0.405. The van der Waals surface area contributed by atoms with E-state index < -0.39 is 0 Å². The van der Waals surface area contributed by atoms with E-state index in [2.05, 4.69) is 35.5 Å². The van der Waals surface area contributed by atoms with Crippen LogP contribution in [-0.4, -0.2) is 19.7 Å². The molecular weight excluding hydrogens is 343 g/mol. The Morgan fingerprint density at radius 2 is 1.88 bits per heavy atom. The number of nitrogens with zero attached hydrogens (tertiary/aromatic N) is 4. The molecule has 0 saturated carbocycles. The molecule has 0 aliphatic heterocycles. The van der Waals surface area contributed by atoms with E-state index in [1.807, 2.05) is 12.1 Å². The van der Waals surface area contributed by atoms with Gasteiger partial charge in [0.1, 0.15) is 17.0 Å². The number of fused-ring (bicyclic) bond motifs is 1. The molecule has 4 nitrogen and oxygen atoms in total. The number of halogens is 2. The molecule has 0 aliphatic rings. The summed E-state index contributed by atoms with van der Waals surface area (Å²) in [6, 6.07) is 5.80. The summed E-state index contributed by atoms with van der Waals surface area (Å²) in [5.41, 5.74) is 3.36. The van der Waals surface area contributed by atoms with Crippen LogP contribution < -0.4 is 0 Å². The average molecular weight is 363 g/mol. The highest BCUT2D eigenvalue weighted by Crippen LogP contribution is 2.34.